The van der Waals surface area contributed by atoms with Crippen molar-refractivity contribution in [1.29, 1.82) is 0 Å². The Morgan fingerprint density at radius 3 is 2.38 bits per heavy atom. The van der Waals surface area contributed by atoms with E-state index in [9.17, 15) is 9.59 Å². The average molecular weight is 297 g/mol. The number of fused-ring (bicyclic) bond motifs is 1. The van der Waals surface area contributed by atoms with Gasteiger partial charge in [-0.3, -0.25) is 4.90 Å². The normalized spacial score (nSPS) is 32.5. The van der Waals surface area contributed by atoms with Gasteiger partial charge in [0, 0.05) is 6.04 Å². The summed E-state index contributed by atoms with van der Waals surface area (Å²) in [6, 6.07) is 0.0951. The standard InChI is InChI=1S/C16H27NO4/c1-15(2,3)21-14(19)17-12-9-7-6-8-11(12)10-16(17,4)13(18)20-5/h11-12H,6-10H2,1-5H3/t11-,12-,16+/m0/s1. The highest BCUT2D eigenvalue weighted by molar-refractivity contribution is 5.86. The highest BCUT2D eigenvalue weighted by Crippen LogP contribution is 2.46. The van der Waals surface area contributed by atoms with Crippen LogP contribution >= 0.6 is 0 Å². The number of carbonyl (C=O) groups excluding carboxylic acids is 2. The summed E-state index contributed by atoms with van der Waals surface area (Å²) in [5.41, 5.74) is -1.47. The fraction of sp³-hybridized carbons (Fsp3) is 0.875. The zero-order valence-electron chi connectivity index (χ0n) is 13.8. The zero-order valence-corrected chi connectivity index (χ0v) is 13.8. The number of hydrogen-bond acceptors (Lipinski definition) is 4. The van der Waals surface area contributed by atoms with Crippen molar-refractivity contribution in [1.82, 2.24) is 4.90 Å². The van der Waals surface area contributed by atoms with Gasteiger partial charge >= 0.3 is 12.1 Å². The third kappa shape index (κ3) is 3.01. The third-order valence-electron chi connectivity index (χ3n) is 4.61. The second kappa shape index (κ2) is 5.50. The minimum atomic E-state index is -0.906. The molecule has 1 aliphatic heterocycles. The van der Waals surface area contributed by atoms with Crippen LogP contribution in [0.25, 0.3) is 0 Å². The molecule has 0 aromatic heterocycles. The van der Waals surface area contributed by atoms with Gasteiger partial charge < -0.3 is 9.47 Å². The van der Waals surface area contributed by atoms with Crippen LogP contribution < -0.4 is 0 Å². The fourth-order valence-electron chi connectivity index (χ4n) is 3.79. The summed E-state index contributed by atoms with van der Waals surface area (Å²) >= 11 is 0. The van der Waals surface area contributed by atoms with Crippen molar-refractivity contribution in [2.75, 3.05) is 7.11 Å². The van der Waals surface area contributed by atoms with E-state index in [1.54, 1.807) is 11.8 Å². The van der Waals surface area contributed by atoms with Gasteiger partial charge in [0.25, 0.3) is 0 Å². The predicted molar refractivity (Wildman–Crippen MR) is 78.9 cm³/mol. The molecule has 1 amide bonds. The van der Waals surface area contributed by atoms with E-state index in [0.29, 0.717) is 12.3 Å². The van der Waals surface area contributed by atoms with Crippen molar-refractivity contribution in [2.45, 2.75) is 77.0 Å². The van der Waals surface area contributed by atoms with Gasteiger partial charge in [-0.2, -0.15) is 0 Å². The van der Waals surface area contributed by atoms with Gasteiger partial charge in [0.2, 0.25) is 0 Å². The molecule has 2 fully saturated rings. The molecule has 2 rings (SSSR count). The van der Waals surface area contributed by atoms with Gasteiger partial charge in [0.1, 0.15) is 11.1 Å². The lowest BCUT2D eigenvalue weighted by Crippen LogP contribution is -2.55. The summed E-state index contributed by atoms with van der Waals surface area (Å²) in [5.74, 6) is 0.0260. The third-order valence-corrected chi connectivity index (χ3v) is 4.61. The van der Waals surface area contributed by atoms with Crippen LogP contribution in [0.15, 0.2) is 0 Å². The Kier molecular flexibility index (Phi) is 4.22. The fourth-order valence-corrected chi connectivity index (χ4v) is 3.79. The Morgan fingerprint density at radius 1 is 1.19 bits per heavy atom. The summed E-state index contributed by atoms with van der Waals surface area (Å²) in [6.07, 6.45) is 4.54. The van der Waals surface area contributed by atoms with Crippen LogP contribution in [-0.4, -0.2) is 41.3 Å². The van der Waals surface area contributed by atoms with Crippen molar-refractivity contribution < 1.29 is 19.1 Å². The number of amides is 1. The first-order valence-corrected chi connectivity index (χ1v) is 7.80. The molecule has 2 aliphatic rings. The lowest BCUT2D eigenvalue weighted by Gasteiger charge is -2.38. The van der Waals surface area contributed by atoms with Gasteiger partial charge in [-0.1, -0.05) is 12.8 Å². The van der Waals surface area contributed by atoms with Crippen LogP contribution in [0.3, 0.4) is 0 Å². The van der Waals surface area contributed by atoms with E-state index in [0.717, 1.165) is 19.3 Å². The molecule has 0 spiro atoms. The van der Waals surface area contributed by atoms with Crippen molar-refractivity contribution in [3.8, 4) is 0 Å². The minimum Gasteiger partial charge on any atom is -0.467 e. The van der Waals surface area contributed by atoms with Crippen LogP contribution in [0.4, 0.5) is 4.79 Å². The van der Waals surface area contributed by atoms with Crippen molar-refractivity contribution in [2.24, 2.45) is 5.92 Å². The van der Waals surface area contributed by atoms with E-state index in [1.165, 1.54) is 13.5 Å². The molecule has 21 heavy (non-hydrogen) atoms. The Bertz CT molecular complexity index is 428. The maximum atomic E-state index is 12.6. The van der Waals surface area contributed by atoms with Gasteiger partial charge in [-0.25, -0.2) is 9.59 Å². The molecule has 0 radical (unpaired) electrons. The van der Waals surface area contributed by atoms with Crippen molar-refractivity contribution in [3.05, 3.63) is 0 Å². The topological polar surface area (TPSA) is 55.8 Å². The molecule has 3 atom stereocenters. The Labute approximate surface area is 127 Å². The second-order valence-corrected chi connectivity index (χ2v) is 7.43. The highest BCUT2D eigenvalue weighted by Gasteiger charge is 2.57. The average Bonchev–Trinajstić information content (AvgIpc) is 2.69. The molecule has 1 heterocycles. The molecule has 0 unspecified atom stereocenters. The van der Waals surface area contributed by atoms with Crippen LogP contribution in [0.2, 0.25) is 0 Å². The number of esters is 1. The maximum Gasteiger partial charge on any atom is 0.411 e. The van der Waals surface area contributed by atoms with Crippen molar-refractivity contribution in [3.63, 3.8) is 0 Å². The SMILES string of the molecule is COC(=O)[C@@]1(C)C[C@@H]2CCCC[C@@H]2N1C(=O)OC(C)(C)C. The Hall–Kier alpha value is -1.26. The molecule has 5 nitrogen and oxygen atoms in total. The molecule has 1 saturated carbocycles. The molecule has 0 aromatic rings. The molecular formula is C16H27NO4. The summed E-state index contributed by atoms with van der Waals surface area (Å²) in [5, 5.41) is 0. The lowest BCUT2D eigenvalue weighted by molar-refractivity contribution is -0.152. The van der Waals surface area contributed by atoms with E-state index < -0.39 is 17.2 Å². The van der Waals surface area contributed by atoms with Crippen LogP contribution in [0, 0.1) is 5.92 Å². The van der Waals surface area contributed by atoms with E-state index >= 15 is 0 Å². The van der Waals surface area contributed by atoms with Gasteiger partial charge in [-0.05, 0) is 52.9 Å². The number of hydrogen-bond donors (Lipinski definition) is 0. The molecule has 120 valence electrons. The quantitative estimate of drug-likeness (QED) is 0.698. The molecular weight excluding hydrogens is 270 g/mol. The summed E-state index contributed by atoms with van der Waals surface area (Å²) in [4.78, 5) is 26.6. The van der Waals surface area contributed by atoms with E-state index in [4.69, 9.17) is 9.47 Å². The summed E-state index contributed by atoms with van der Waals surface area (Å²) < 4.78 is 10.5. The molecule has 5 heteroatoms. The van der Waals surface area contributed by atoms with E-state index in [2.05, 4.69) is 0 Å². The Balaban J connectivity index is 2.31. The second-order valence-electron chi connectivity index (χ2n) is 7.43. The van der Waals surface area contributed by atoms with Crippen LogP contribution in [0.5, 0.6) is 0 Å². The molecule has 0 bridgehead atoms. The van der Waals surface area contributed by atoms with Crippen LogP contribution in [-0.2, 0) is 14.3 Å². The first kappa shape index (κ1) is 16.1. The van der Waals surface area contributed by atoms with E-state index in [1.807, 2.05) is 20.8 Å². The minimum absolute atomic E-state index is 0.0951. The number of nitrogens with zero attached hydrogens (tertiary/aromatic N) is 1. The molecule has 1 aliphatic carbocycles. The smallest absolute Gasteiger partial charge is 0.411 e. The summed E-state index contributed by atoms with van der Waals surface area (Å²) in [6.45, 7) is 7.33. The van der Waals surface area contributed by atoms with Gasteiger partial charge in [0.15, 0.2) is 0 Å². The monoisotopic (exact) mass is 297 g/mol. The largest absolute Gasteiger partial charge is 0.467 e. The van der Waals surface area contributed by atoms with Crippen molar-refractivity contribution >= 4 is 12.1 Å². The Morgan fingerprint density at radius 2 is 1.81 bits per heavy atom. The lowest BCUT2D eigenvalue weighted by atomic mass is 9.83. The zero-order chi connectivity index (χ0) is 15.8. The summed E-state index contributed by atoms with van der Waals surface area (Å²) in [7, 11) is 1.38. The number of ether oxygens (including phenoxy) is 2. The number of methoxy groups -OCH3 is 1. The van der Waals surface area contributed by atoms with E-state index in [-0.39, 0.29) is 12.0 Å². The highest BCUT2D eigenvalue weighted by atomic mass is 16.6. The molecule has 0 aromatic carbocycles. The molecule has 1 saturated heterocycles. The first-order valence-electron chi connectivity index (χ1n) is 7.80. The van der Waals surface area contributed by atoms with Gasteiger partial charge in [-0.15, -0.1) is 0 Å². The van der Waals surface area contributed by atoms with Crippen LogP contribution in [0.1, 0.15) is 59.8 Å². The number of carbonyl (C=O) groups is 2. The number of likely N-dealkylation sites (tertiary alicyclic amines) is 1. The number of rotatable bonds is 1. The molecule has 0 N–H and O–H groups in total. The predicted octanol–water partition coefficient (Wildman–Crippen LogP) is 3.12. The first-order chi connectivity index (χ1) is 9.69. The maximum absolute atomic E-state index is 12.6. The van der Waals surface area contributed by atoms with Gasteiger partial charge in [0.05, 0.1) is 7.11 Å².